The molecule has 0 unspecified atom stereocenters. The van der Waals surface area contributed by atoms with Crippen molar-refractivity contribution in [3.63, 3.8) is 0 Å². The zero-order valence-corrected chi connectivity index (χ0v) is 11.5. The number of hydrogen-bond acceptors (Lipinski definition) is 3. The standard InChI is InChI=1S/C14H28O3/c1-3-4-9-13-17-14(15)11-8-6-5-7-10-12-16-2/h3-13H2,1-2H3. The minimum atomic E-state index is -0.0296. The van der Waals surface area contributed by atoms with Crippen LogP contribution < -0.4 is 0 Å². The summed E-state index contributed by atoms with van der Waals surface area (Å²) < 4.78 is 10.1. The summed E-state index contributed by atoms with van der Waals surface area (Å²) in [7, 11) is 1.73. The van der Waals surface area contributed by atoms with Crippen LogP contribution in [-0.4, -0.2) is 26.3 Å². The average molecular weight is 244 g/mol. The van der Waals surface area contributed by atoms with Gasteiger partial charge in [0.2, 0.25) is 0 Å². The molecule has 102 valence electrons. The molecule has 0 spiro atoms. The highest BCUT2D eigenvalue weighted by Gasteiger charge is 2.01. The van der Waals surface area contributed by atoms with Gasteiger partial charge in [-0.1, -0.05) is 39.0 Å². The number of esters is 1. The predicted octanol–water partition coefficient (Wildman–Crippen LogP) is 3.71. The maximum atomic E-state index is 11.3. The van der Waals surface area contributed by atoms with Crippen molar-refractivity contribution in [1.82, 2.24) is 0 Å². The summed E-state index contributed by atoms with van der Waals surface area (Å²) in [5.74, 6) is -0.0296. The maximum absolute atomic E-state index is 11.3. The monoisotopic (exact) mass is 244 g/mol. The van der Waals surface area contributed by atoms with Crippen LogP contribution in [0.2, 0.25) is 0 Å². The van der Waals surface area contributed by atoms with Gasteiger partial charge in [-0.3, -0.25) is 4.79 Å². The first-order valence-electron chi connectivity index (χ1n) is 6.95. The molecule has 3 heteroatoms. The highest BCUT2D eigenvalue weighted by atomic mass is 16.5. The molecule has 0 aliphatic carbocycles. The number of carbonyl (C=O) groups excluding carboxylic acids is 1. The van der Waals surface area contributed by atoms with E-state index in [2.05, 4.69) is 6.92 Å². The van der Waals surface area contributed by atoms with E-state index in [4.69, 9.17) is 9.47 Å². The molecule has 0 aliphatic heterocycles. The molecule has 0 aromatic heterocycles. The van der Waals surface area contributed by atoms with Gasteiger partial charge in [-0.15, -0.1) is 0 Å². The molecule has 0 fully saturated rings. The van der Waals surface area contributed by atoms with Crippen molar-refractivity contribution in [3.8, 4) is 0 Å². The molecular weight excluding hydrogens is 216 g/mol. The lowest BCUT2D eigenvalue weighted by molar-refractivity contribution is -0.143. The van der Waals surface area contributed by atoms with Gasteiger partial charge in [0, 0.05) is 20.1 Å². The van der Waals surface area contributed by atoms with Gasteiger partial charge in [0.05, 0.1) is 6.61 Å². The SMILES string of the molecule is CCCCCOC(=O)CCCCCCCOC. The number of hydrogen-bond donors (Lipinski definition) is 0. The van der Waals surface area contributed by atoms with Crippen molar-refractivity contribution in [2.45, 2.75) is 64.7 Å². The molecule has 3 nitrogen and oxygen atoms in total. The summed E-state index contributed by atoms with van der Waals surface area (Å²) in [6, 6.07) is 0. The van der Waals surface area contributed by atoms with Crippen molar-refractivity contribution in [1.29, 1.82) is 0 Å². The molecule has 0 radical (unpaired) electrons. The first-order valence-corrected chi connectivity index (χ1v) is 6.95. The first kappa shape index (κ1) is 16.4. The zero-order chi connectivity index (χ0) is 12.8. The molecule has 17 heavy (non-hydrogen) atoms. The Labute approximate surface area is 106 Å². The second-order valence-corrected chi connectivity index (χ2v) is 4.44. The normalized spacial score (nSPS) is 10.5. The number of carbonyl (C=O) groups is 1. The maximum Gasteiger partial charge on any atom is 0.305 e. The van der Waals surface area contributed by atoms with E-state index in [-0.39, 0.29) is 5.97 Å². The van der Waals surface area contributed by atoms with Crippen LogP contribution >= 0.6 is 0 Å². The van der Waals surface area contributed by atoms with Crippen molar-refractivity contribution in [3.05, 3.63) is 0 Å². The van der Waals surface area contributed by atoms with Gasteiger partial charge in [-0.2, -0.15) is 0 Å². The number of rotatable bonds is 12. The van der Waals surface area contributed by atoms with E-state index in [1.165, 1.54) is 19.3 Å². The lowest BCUT2D eigenvalue weighted by Crippen LogP contribution is -2.05. The van der Waals surface area contributed by atoms with E-state index in [0.717, 1.165) is 38.7 Å². The summed E-state index contributed by atoms with van der Waals surface area (Å²) in [6.07, 6.45) is 9.47. The van der Waals surface area contributed by atoms with Crippen molar-refractivity contribution in [2.24, 2.45) is 0 Å². The van der Waals surface area contributed by atoms with E-state index >= 15 is 0 Å². The summed E-state index contributed by atoms with van der Waals surface area (Å²) in [4.78, 5) is 11.3. The lowest BCUT2D eigenvalue weighted by atomic mass is 10.1. The second-order valence-electron chi connectivity index (χ2n) is 4.44. The Balaban J connectivity index is 3.11. The van der Waals surface area contributed by atoms with E-state index in [9.17, 15) is 4.79 Å². The Morgan fingerprint density at radius 1 is 0.882 bits per heavy atom. The van der Waals surface area contributed by atoms with E-state index in [1.807, 2.05) is 0 Å². The molecular formula is C14H28O3. The van der Waals surface area contributed by atoms with E-state index in [1.54, 1.807) is 7.11 Å². The predicted molar refractivity (Wildman–Crippen MR) is 70.1 cm³/mol. The molecule has 0 amide bonds. The molecule has 0 saturated heterocycles. The minimum Gasteiger partial charge on any atom is -0.466 e. The topological polar surface area (TPSA) is 35.5 Å². The largest absolute Gasteiger partial charge is 0.466 e. The van der Waals surface area contributed by atoms with Crippen LogP contribution in [0.5, 0.6) is 0 Å². The average Bonchev–Trinajstić information content (AvgIpc) is 2.33. The van der Waals surface area contributed by atoms with E-state index in [0.29, 0.717) is 13.0 Å². The quantitative estimate of drug-likeness (QED) is 0.388. The Morgan fingerprint density at radius 3 is 2.24 bits per heavy atom. The second kappa shape index (κ2) is 13.5. The summed E-state index contributed by atoms with van der Waals surface area (Å²) >= 11 is 0. The third-order valence-corrected chi connectivity index (χ3v) is 2.74. The van der Waals surface area contributed by atoms with Crippen molar-refractivity contribution in [2.75, 3.05) is 20.3 Å². The fourth-order valence-corrected chi connectivity index (χ4v) is 1.66. The number of methoxy groups -OCH3 is 1. The van der Waals surface area contributed by atoms with Crippen molar-refractivity contribution >= 4 is 5.97 Å². The van der Waals surface area contributed by atoms with Crippen molar-refractivity contribution < 1.29 is 14.3 Å². The molecule has 0 rings (SSSR count). The van der Waals surface area contributed by atoms with Gasteiger partial charge in [0.25, 0.3) is 0 Å². The van der Waals surface area contributed by atoms with Crippen LogP contribution in [0.25, 0.3) is 0 Å². The van der Waals surface area contributed by atoms with Crippen LogP contribution in [0.4, 0.5) is 0 Å². The molecule has 0 saturated carbocycles. The zero-order valence-electron chi connectivity index (χ0n) is 11.5. The Kier molecular flexibility index (Phi) is 13.0. The van der Waals surface area contributed by atoms with Gasteiger partial charge in [0.1, 0.15) is 0 Å². The third-order valence-electron chi connectivity index (χ3n) is 2.74. The Morgan fingerprint density at radius 2 is 1.53 bits per heavy atom. The van der Waals surface area contributed by atoms with Crippen LogP contribution in [0.1, 0.15) is 64.7 Å². The van der Waals surface area contributed by atoms with E-state index < -0.39 is 0 Å². The van der Waals surface area contributed by atoms with Gasteiger partial charge in [-0.05, 0) is 19.3 Å². The van der Waals surface area contributed by atoms with Crippen LogP contribution in [0, 0.1) is 0 Å². The Bertz CT molecular complexity index is 169. The molecule has 0 aromatic carbocycles. The molecule has 0 bridgehead atoms. The van der Waals surface area contributed by atoms with Crippen LogP contribution in [-0.2, 0) is 14.3 Å². The number of unbranched alkanes of at least 4 members (excludes halogenated alkanes) is 6. The lowest BCUT2D eigenvalue weighted by Gasteiger charge is -2.04. The van der Waals surface area contributed by atoms with Gasteiger partial charge in [-0.25, -0.2) is 0 Å². The summed E-state index contributed by atoms with van der Waals surface area (Å²) in [5.41, 5.74) is 0. The highest BCUT2D eigenvalue weighted by molar-refractivity contribution is 5.69. The molecule has 0 N–H and O–H groups in total. The first-order chi connectivity index (χ1) is 8.31. The third kappa shape index (κ3) is 13.4. The molecule has 0 atom stereocenters. The van der Waals surface area contributed by atoms with Crippen LogP contribution in [0.15, 0.2) is 0 Å². The Hall–Kier alpha value is -0.570. The highest BCUT2D eigenvalue weighted by Crippen LogP contribution is 2.06. The summed E-state index contributed by atoms with van der Waals surface area (Å²) in [6.45, 7) is 3.59. The molecule has 0 aromatic rings. The fourth-order valence-electron chi connectivity index (χ4n) is 1.66. The van der Waals surface area contributed by atoms with Gasteiger partial charge >= 0.3 is 5.97 Å². The smallest absolute Gasteiger partial charge is 0.305 e. The minimum absolute atomic E-state index is 0.0296. The van der Waals surface area contributed by atoms with Crippen LogP contribution in [0.3, 0.4) is 0 Å². The van der Waals surface area contributed by atoms with Gasteiger partial charge in [0.15, 0.2) is 0 Å². The fraction of sp³-hybridized carbons (Fsp3) is 0.929. The molecule has 0 heterocycles. The number of ether oxygens (including phenoxy) is 2. The summed E-state index contributed by atoms with van der Waals surface area (Å²) in [5, 5.41) is 0. The molecule has 0 aliphatic rings. The van der Waals surface area contributed by atoms with Gasteiger partial charge < -0.3 is 9.47 Å².